The third-order valence-electron chi connectivity index (χ3n) is 4.02. The van der Waals surface area contributed by atoms with Crippen LogP contribution in [0, 0.1) is 0 Å². The van der Waals surface area contributed by atoms with Crippen molar-refractivity contribution in [3.05, 3.63) is 0 Å². The van der Waals surface area contributed by atoms with Gasteiger partial charge in [0.2, 0.25) is 6.08 Å². The minimum atomic E-state index is -2.53. The number of hydrogen-bond donors (Lipinski definition) is 0. The molecule has 5 nitrogen and oxygen atoms in total. The maximum Gasteiger partial charge on any atom is 0.373 e. The fourth-order valence-electron chi connectivity index (χ4n) is 3.21. The lowest BCUT2D eigenvalue weighted by atomic mass is 10.0. The predicted octanol–water partition coefficient (Wildman–Crippen LogP) is 1.94. The van der Waals surface area contributed by atoms with Crippen molar-refractivity contribution in [3.8, 4) is 0 Å². The Hall–Kier alpha value is -0.523. The largest absolute Gasteiger partial charge is 0.396 e. The lowest BCUT2D eigenvalue weighted by Crippen LogP contribution is -2.70. The number of aliphatic imine (C=N–C) groups is 1. The third-order valence-corrected chi connectivity index (χ3v) is 8.43. The molecule has 0 aromatic heterocycles. The topological polar surface area (TPSA) is 57.1 Å². The van der Waals surface area contributed by atoms with E-state index in [9.17, 15) is 4.79 Å². The van der Waals surface area contributed by atoms with Crippen LogP contribution in [0.2, 0.25) is 6.04 Å². The Morgan fingerprint density at radius 3 is 2.50 bits per heavy atom. The summed E-state index contributed by atoms with van der Waals surface area (Å²) in [7, 11) is 2.48. The average Bonchev–Trinajstić information content (AvgIpc) is 2.41. The lowest BCUT2D eigenvalue weighted by Gasteiger charge is -2.50. The number of isocyanates is 1. The molecule has 1 fully saturated rings. The Bertz CT molecular complexity index is 315. The number of rotatable bonds is 6. The van der Waals surface area contributed by atoms with E-state index in [-0.39, 0.29) is 6.04 Å². The SMILES string of the molecule is CCCC1(OC)C(N=C=O)CCC[Si]1(OC)OC. The summed E-state index contributed by atoms with van der Waals surface area (Å²) in [4.78, 5) is 14.6. The number of hydrogen-bond acceptors (Lipinski definition) is 5. The highest BCUT2D eigenvalue weighted by Crippen LogP contribution is 2.44. The van der Waals surface area contributed by atoms with Gasteiger partial charge in [-0.3, -0.25) is 0 Å². The predicted molar refractivity (Wildman–Crippen MR) is 70.4 cm³/mol. The van der Waals surface area contributed by atoms with Crippen LogP contribution >= 0.6 is 0 Å². The van der Waals surface area contributed by atoms with E-state index in [2.05, 4.69) is 11.9 Å². The molecule has 0 aromatic carbocycles. The number of carbonyl (C=O) groups excluding carboxylic acids is 1. The highest BCUT2D eigenvalue weighted by Gasteiger charge is 2.63. The summed E-state index contributed by atoms with van der Waals surface area (Å²) in [6.07, 6.45) is 5.16. The molecule has 0 saturated carbocycles. The summed E-state index contributed by atoms with van der Waals surface area (Å²) in [6.45, 7) is 2.08. The summed E-state index contributed by atoms with van der Waals surface area (Å²) in [5.41, 5.74) is 0. The van der Waals surface area contributed by atoms with Crippen LogP contribution in [0.4, 0.5) is 0 Å². The van der Waals surface area contributed by atoms with Gasteiger partial charge in [-0.25, -0.2) is 4.79 Å². The molecule has 1 aliphatic heterocycles. The Morgan fingerprint density at radius 1 is 1.39 bits per heavy atom. The standard InChI is InChI=1S/C12H23NO4Si/c1-5-8-12(15-2)11(13-10-14)7-6-9-18(12,16-3)17-4/h11H,5-9H2,1-4H3. The zero-order valence-electron chi connectivity index (χ0n) is 11.7. The van der Waals surface area contributed by atoms with E-state index in [0.717, 1.165) is 31.7 Å². The first-order chi connectivity index (χ1) is 8.66. The zero-order chi connectivity index (χ0) is 13.6. The van der Waals surface area contributed by atoms with Gasteiger partial charge in [0.15, 0.2) is 0 Å². The molecule has 1 saturated heterocycles. The summed E-state index contributed by atoms with van der Waals surface area (Å²) in [5.74, 6) is 0. The third kappa shape index (κ3) is 2.31. The molecular formula is C12H23NO4Si. The molecule has 0 aromatic rings. The Morgan fingerprint density at radius 2 is 2.06 bits per heavy atom. The maximum atomic E-state index is 10.7. The van der Waals surface area contributed by atoms with Crippen molar-refractivity contribution in [3.63, 3.8) is 0 Å². The first-order valence-corrected chi connectivity index (χ1v) is 8.41. The maximum absolute atomic E-state index is 10.7. The van der Waals surface area contributed by atoms with Crippen LogP contribution in [0.1, 0.15) is 32.6 Å². The molecule has 1 aliphatic rings. The number of nitrogens with zero attached hydrogens (tertiary/aromatic N) is 1. The van der Waals surface area contributed by atoms with Crippen molar-refractivity contribution in [1.29, 1.82) is 0 Å². The van der Waals surface area contributed by atoms with Gasteiger partial charge in [0.1, 0.15) is 5.22 Å². The van der Waals surface area contributed by atoms with Gasteiger partial charge in [0.25, 0.3) is 0 Å². The minimum Gasteiger partial charge on any atom is -0.396 e. The molecule has 2 atom stereocenters. The van der Waals surface area contributed by atoms with E-state index >= 15 is 0 Å². The van der Waals surface area contributed by atoms with Gasteiger partial charge >= 0.3 is 8.56 Å². The van der Waals surface area contributed by atoms with Crippen LogP contribution in [0.3, 0.4) is 0 Å². The van der Waals surface area contributed by atoms with Crippen molar-refractivity contribution in [2.75, 3.05) is 21.3 Å². The van der Waals surface area contributed by atoms with Crippen LogP contribution in [-0.2, 0) is 18.4 Å². The molecule has 1 rings (SSSR count). The molecule has 0 amide bonds. The van der Waals surface area contributed by atoms with Crippen LogP contribution in [0.5, 0.6) is 0 Å². The van der Waals surface area contributed by atoms with E-state index in [0.29, 0.717) is 0 Å². The fraction of sp³-hybridized carbons (Fsp3) is 0.917. The molecule has 18 heavy (non-hydrogen) atoms. The summed E-state index contributed by atoms with van der Waals surface area (Å²) < 4.78 is 17.4. The highest BCUT2D eigenvalue weighted by molar-refractivity contribution is 6.71. The highest BCUT2D eigenvalue weighted by atomic mass is 28.4. The molecule has 0 radical (unpaired) electrons. The molecule has 0 spiro atoms. The lowest BCUT2D eigenvalue weighted by molar-refractivity contribution is -0.0272. The summed E-state index contributed by atoms with van der Waals surface area (Å²) in [5, 5.41) is -0.582. The quantitative estimate of drug-likeness (QED) is 0.421. The molecule has 1 heterocycles. The van der Waals surface area contributed by atoms with Crippen molar-refractivity contribution < 1.29 is 18.4 Å². The van der Waals surface area contributed by atoms with Gasteiger partial charge in [0, 0.05) is 21.3 Å². The first kappa shape index (κ1) is 15.5. The molecule has 6 heteroatoms. The molecule has 0 bridgehead atoms. The average molecular weight is 273 g/mol. The monoisotopic (exact) mass is 273 g/mol. The van der Waals surface area contributed by atoms with Crippen LogP contribution in [-0.4, -0.2) is 47.2 Å². The van der Waals surface area contributed by atoms with Crippen LogP contribution in [0.15, 0.2) is 4.99 Å². The Balaban J connectivity index is 3.26. The number of ether oxygens (including phenoxy) is 1. The van der Waals surface area contributed by atoms with Gasteiger partial charge < -0.3 is 13.6 Å². The van der Waals surface area contributed by atoms with E-state index < -0.39 is 13.8 Å². The van der Waals surface area contributed by atoms with Gasteiger partial charge in [-0.15, -0.1) is 0 Å². The van der Waals surface area contributed by atoms with E-state index in [1.54, 1.807) is 27.4 Å². The van der Waals surface area contributed by atoms with Crippen LogP contribution < -0.4 is 0 Å². The number of methoxy groups -OCH3 is 1. The van der Waals surface area contributed by atoms with Crippen molar-refractivity contribution in [2.24, 2.45) is 4.99 Å². The van der Waals surface area contributed by atoms with E-state index in [1.807, 2.05) is 0 Å². The van der Waals surface area contributed by atoms with Gasteiger partial charge in [0.05, 0.1) is 6.04 Å². The van der Waals surface area contributed by atoms with Crippen LogP contribution in [0.25, 0.3) is 0 Å². The van der Waals surface area contributed by atoms with Crippen molar-refractivity contribution in [2.45, 2.75) is 49.9 Å². The molecule has 2 unspecified atom stereocenters. The molecule has 0 aliphatic carbocycles. The van der Waals surface area contributed by atoms with Gasteiger partial charge in [-0.1, -0.05) is 13.3 Å². The second-order valence-corrected chi connectivity index (χ2v) is 8.30. The summed E-state index contributed by atoms with van der Waals surface area (Å²) in [6, 6.07) is 0.666. The smallest absolute Gasteiger partial charge is 0.373 e. The van der Waals surface area contributed by atoms with Crippen molar-refractivity contribution in [1.82, 2.24) is 0 Å². The minimum absolute atomic E-state index is 0.208. The van der Waals surface area contributed by atoms with Gasteiger partial charge in [-0.05, 0) is 25.3 Å². The normalized spacial score (nSPS) is 30.8. The fourth-order valence-corrected chi connectivity index (χ4v) is 7.23. The second kappa shape index (κ2) is 6.59. The van der Waals surface area contributed by atoms with E-state index in [4.69, 9.17) is 13.6 Å². The second-order valence-electron chi connectivity index (χ2n) is 4.63. The molecule has 0 N–H and O–H groups in total. The Labute approximate surface area is 110 Å². The van der Waals surface area contributed by atoms with E-state index in [1.165, 1.54) is 0 Å². The Kier molecular flexibility index (Phi) is 5.69. The van der Waals surface area contributed by atoms with Gasteiger partial charge in [-0.2, -0.15) is 4.99 Å². The first-order valence-electron chi connectivity index (χ1n) is 6.38. The van der Waals surface area contributed by atoms with Crippen molar-refractivity contribution >= 4 is 14.6 Å². The molecular weight excluding hydrogens is 250 g/mol. The summed E-state index contributed by atoms with van der Waals surface area (Å²) >= 11 is 0. The zero-order valence-corrected chi connectivity index (χ0v) is 12.7. The molecule has 104 valence electrons.